The van der Waals surface area contributed by atoms with Crippen molar-refractivity contribution in [1.82, 2.24) is 54.0 Å². The van der Waals surface area contributed by atoms with Crippen molar-refractivity contribution in [2.75, 3.05) is 0 Å². The Bertz CT molecular complexity index is 5860. The monoisotopic (exact) mass is 1230 g/mol. The van der Waals surface area contributed by atoms with Gasteiger partial charge in [-0.3, -0.25) is 0 Å². The van der Waals surface area contributed by atoms with Crippen LogP contribution >= 0.6 is 0 Å². The lowest BCUT2D eigenvalue weighted by Crippen LogP contribution is -2.07. The molecule has 0 fully saturated rings. The summed E-state index contributed by atoms with van der Waals surface area (Å²) < 4.78 is 4.45. The van der Waals surface area contributed by atoms with Gasteiger partial charge in [-0.05, 0) is 90.0 Å². The third-order valence-electron chi connectivity index (χ3n) is 17.4. The number of nitriles is 2. The quantitative estimate of drug-likeness (QED) is 0.114. The van der Waals surface area contributed by atoms with E-state index in [1.165, 1.54) is 0 Å². The van der Waals surface area contributed by atoms with E-state index in [-0.39, 0.29) is 5.82 Å². The first-order chi connectivity index (χ1) is 47.5. The van der Waals surface area contributed by atoms with Gasteiger partial charge in [0.1, 0.15) is 0 Å². The molecule has 446 valence electrons. The third-order valence-corrected chi connectivity index (χ3v) is 17.4. The molecule has 0 amide bonds. The summed E-state index contributed by atoms with van der Waals surface area (Å²) in [5.41, 5.74) is 14.5. The van der Waals surface area contributed by atoms with Crippen LogP contribution in [0.2, 0.25) is 0 Å². The molecule has 12 aromatic carbocycles. The van der Waals surface area contributed by atoms with Gasteiger partial charge in [-0.15, -0.1) is 0 Å². The molecule has 0 N–H and O–H groups in total. The molecular weight excluding hydrogens is 1180 g/mol. The van der Waals surface area contributed by atoms with Crippen LogP contribution in [0.5, 0.6) is 0 Å². The first kappa shape index (κ1) is 56.2. The normalized spacial score (nSPS) is 11.3. The molecule has 0 radical (unpaired) electrons. The van der Waals surface area contributed by atoms with Gasteiger partial charge in [-0.1, -0.05) is 218 Å². The highest BCUT2D eigenvalue weighted by Gasteiger charge is 2.27. The molecule has 13 nitrogen and oxygen atoms in total. The van der Waals surface area contributed by atoms with Crippen LogP contribution in [0.1, 0.15) is 11.1 Å². The van der Waals surface area contributed by atoms with Gasteiger partial charge < -0.3 is 9.13 Å². The predicted molar refractivity (Wildman–Crippen MR) is 379 cm³/mol. The lowest BCUT2D eigenvalue weighted by Gasteiger charge is -2.19. The Morgan fingerprint density at radius 1 is 0.229 bits per heavy atom. The van der Waals surface area contributed by atoms with E-state index in [0.29, 0.717) is 74.5 Å². The largest absolute Gasteiger partial charge is 0.308 e. The van der Waals surface area contributed by atoms with Gasteiger partial charge in [0.05, 0.1) is 67.8 Å². The van der Waals surface area contributed by atoms with Crippen LogP contribution in [0.25, 0.3) is 169 Å². The average molecular weight is 1230 g/mol. The standard InChI is InChI=1S/C83H49N13/c84-50-52-23-20-34-58(47-52)62-38-22-42-72(96-68-40-19-17-37-64(68)66-49-60(44-46-70(66)96)81-90-77(55-28-10-3-11-29-55)87-78(91-81)56-30-12-4-13-31-56)74(62)83-93-79(57-32-14-5-15-33-57)92-82(94-83)73-61(51-85)35-21-41-71(73)95-67-39-18-16-36-63(67)65-48-59(43-45-69(65)95)80-88-75(53-24-6-1-7-25-53)86-76(89-80)54-26-8-2-9-27-54/h1-49H. The molecule has 5 heterocycles. The molecule has 0 unspecified atom stereocenters. The number of fused-ring (bicyclic) bond motifs is 6. The molecule has 13 heteroatoms. The smallest absolute Gasteiger partial charge is 0.167 e. The Labute approximate surface area is 550 Å². The topological polar surface area (TPSA) is 173 Å². The van der Waals surface area contributed by atoms with Crippen LogP contribution in [0.15, 0.2) is 297 Å². The Morgan fingerprint density at radius 2 is 0.562 bits per heavy atom. The second kappa shape index (κ2) is 23.8. The Morgan fingerprint density at radius 3 is 0.990 bits per heavy atom. The van der Waals surface area contributed by atoms with Gasteiger partial charge in [-0.25, -0.2) is 44.9 Å². The zero-order valence-electron chi connectivity index (χ0n) is 51.1. The van der Waals surface area contributed by atoms with Crippen LogP contribution < -0.4 is 0 Å². The minimum absolute atomic E-state index is 0.279. The zero-order valence-corrected chi connectivity index (χ0v) is 51.1. The summed E-state index contributed by atoms with van der Waals surface area (Å²) in [5, 5.41) is 25.7. The van der Waals surface area contributed by atoms with E-state index in [2.05, 4.69) is 88.0 Å². The number of hydrogen-bond acceptors (Lipinski definition) is 11. The maximum Gasteiger partial charge on any atom is 0.167 e. The van der Waals surface area contributed by atoms with Crippen molar-refractivity contribution in [3.05, 3.63) is 308 Å². The highest BCUT2D eigenvalue weighted by molar-refractivity contribution is 6.12. The van der Waals surface area contributed by atoms with Crippen molar-refractivity contribution in [3.63, 3.8) is 0 Å². The van der Waals surface area contributed by atoms with E-state index in [1.54, 1.807) is 6.07 Å². The minimum atomic E-state index is 0.279. The predicted octanol–water partition coefficient (Wildman–Crippen LogP) is 18.8. The van der Waals surface area contributed by atoms with Crippen LogP contribution in [0.4, 0.5) is 0 Å². The Hall–Kier alpha value is -13.8. The molecule has 0 bridgehead atoms. The second-order valence-electron chi connectivity index (χ2n) is 23.1. The molecule has 0 aliphatic heterocycles. The molecular formula is C83H49N13. The lowest BCUT2D eigenvalue weighted by molar-refractivity contribution is 1.06. The average Bonchev–Trinajstić information content (AvgIpc) is 1.54. The van der Waals surface area contributed by atoms with E-state index in [0.717, 1.165) is 99.4 Å². The summed E-state index contributed by atoms with van der Waals surface area (Å²) in [4.78, 5) is 47.0. The van der Waals surface area contributed by atoms with E-state index in [4.69, 9.17) is 44.9 Å². The van der Waals surface area contributed by atoms with Crippen LogP contribution in [0.3, 0.4) is 0 Å². The molecule has 0 atom stereocenters. The van der Waals surface area contributed by atoms with Crippen LogP contribution in [-0.4, -0.2) is 54.0 Å². The summed E-state index contributed by atoms with van der Waals surface area (Å²) in [6.07, 6.45) is 0. The van der Waals surface area contributed by atoms with Crippen molar-refractivity contribution < 1.29 is 0 Å². The van der Waals surface area contributed by atoms with Gasteiger partial charge in [0.15, 0.2) is 52.4 Å². The zero-order chi connectivity index (χ0) is 64.1. The Balaban J connectivity index is 0.883. The van der Waals surface area contributed by atoms with Gasteiger partial charge in [0, 0.05) is 60.5 Å². The van der Waals surface area contributed by atoms with Crippen LogP contribution in [0, 0.1) is 22.7 Å². The number of aromatic nitrogens is 11. The minimum Gasteiger partial charge on any atom is -0.308 e. The van der Waals surface area contributed by atoms with Crippen molar-refractivity contribution >= 4 is 43.6 Å². The molecule has 0 aliphatic rings. The van der Waals surface area contributed by atoms with Crippen molar-refractivity contribution in [2.24, 2.45) is 0 Å². The molecule has 0 spiro atoms. The summed E-state index contributed by atoms with van der Waals surface area (Å²) in [6, 6.07) is 103. The summed E-state index contributed by atoms with van der Waals surface area (Å²) in [5.74, 6) is 4.33. The fourth-order valence-corrected chi connectivity index (χ4v) is 12.9. The number of para-hydroxylation sites is 2. The molecule has 0 aliphatic carbocycles. The van der Waals surface area contributed by atoms with Gasteiger partial charge in [-0.2, -0.15) is 10.5 Å². The van der Waals surface area contributed by atoms with Gasteiger partial charge in [0.2, 0.25) is 0 Å². The highest BCUT2D eigenvalue weighted by Crippen LogP contribution is 2.44. The molecule has 0 saturated heterocycles. The van der Waals surface area contributed by atoms with Crippen molar-refractivity contribution in [1.29, 1.82) is 10.5 Å². The van der Waals surface area contributed by atoms with E-state index in [9.17, 15) is 10.5 Å². The second-order valence-corrected chi connectivity index (χ2v) is 23.1. The molecule has 5 aromatic heterocycles. The fraction of sp³-hybridized carbons (Fsp3) is 0. The number of rotatable bonds is 12. The molecule has 96 heavy (non-hydrogen) atoms. The molecule has 17 rings (SSSR count). The SMILES string of the molecule is N#Cc1cccc(-c2cccc(-n3c4ccccc4c4cc(-c5nc(-c6ccccc6)nc(-c6ccccc6)n5)ccc43)c2-c2nc(-c3ccccc3)nc(-c3c(C#N)cccc3-n3c4ccccc4c4cc(-c5nc(-c6ccccc6)nc(-c6ccccc6)n5)ccc43)n2)c1. The Kier molecular flexibility index (Phi) is 13.9. The van der Waals surface area contributed by atoms with E-state index >= 15 is 0 Å². The number of nitrogens with zero attached hydrogens (tertiary/aromatic N) is 13. The summed E-state index contributed by atoms with van der Waals surface area (Å²) in [6.45, 7) is 0. The highest BCUT2D eigenvalue weighted by atomic mass is 15.1. The summed E-state index contributed by atoms with van der Waals surface area (Å²) >= 11 is 0. The van der Waals surface area contributed by atoms with Gasteiger partial charge >= 0.3 is 0 Å². The van der Waals surface area contributed by atoms with Crippen LogP contribution in [-0.2, 0) is 0 Å². The number of hydrogen-bond donors (Lipinski definition) is 0. The lowest BCUT2D eigenvalue weighted by atomic mass is 9.95. The molecule has 17 aromatic rings. The molecule has 0 saturated carbocycles. The van der Waals surface area contributed by atoms with Gasteiger partial charge in [0.25, 0.3) is 0 Å². The van der Waals surface area contributed by atoms with E-state index in [1.807, 2.05) is 224 Å². The maximum atomic E-state index is 11.4. The van der Waals surface area contributed by atoms with Crippen molar-refractivity contribution in [3.8, 4) is 137 Å². The third kappa shape index (κ3) is 10.0. The fourth-order valence-electron chi connectivity index (χ4n) is 12.9. The maximum absolute atomic E-state index is 11.4. The first-order valence-corrected chi connectivity index (χ1v) is 31.3. The number of benzene rings is 12. The van der Waals surface area contributed by atoms with Crippen molar-refractivity contribution in [2.45, 2.75) is 0 Å². The van der Waals surface area contributed by atoms with E-state index < -0.39 is 0 Å². The summed E-state index contributed by atoms with van der Waals surface area (Å²) in [7, 11) is 0. The first-order valence-electron chi connectivity index (χ1n) is 31.3.